The van der Waals surface area contributed by atoms with Crippen molar-refractivity contribution >= 4 is 47.2 Å². The maximum Gasteiger partial charge on any atom is 0.416 e. The third-order valence-corrected chi connectivity index (χ3v) is 8.76. The summed E-state index contributed by atoms with van der Waals surface area (Å²) in [5.41, 5.74) is 3.60. The molecule has 0 amide bonds. The molecule has 0 saturated heterocycles. The van der Waals surface area contributed by atoms with Gasteiger partial charge in [0.15, 0.2) is 0 Å². The van der Waals surface area contributed by atoms with Crippen LogP contribution in [0.2, 0.25) is 0 Å². The fourth-order valence-electron chi connectivity index (χ4n) is 5.32. The molecule has 37 heavy (non-hydrogen) atoms. The number of fused-ring (bicyclic) bond motifs is 1. The number of aromatic nitrogens is 1. The zero-order valence-corrected chi connectivity index (χ0v) is 24.0. The summed E-state index contributed by atoms with van der Waals surface area (Å²) in [5.74, 6) is 0.364. The van der Waals surface area contributed by atoms with Gasteiger partial charge in [-0.15, -0.1) is 0 Å². The van der Waals surface area contributed by atoms with Crippen LogP contribution < -0.4 is 4.74 Å². The molecule has 200 valence electrons. The maximum atomic E-state index is 13.9. The Labute approximate surface area is 232 Å². The van der Waals surface area contributed by atoms with Gasteiger partial charge in [0.25, 0.3) is 0 Å². The normalized spacial score (nSPS) is 14.4. The average molecular weight is 646 g/mol. The van der Waals surface area contributed by atoms with E-state index in [0.29, 0.717) is 36.3 Å². The van der Waals surface area contributed by atoms with Gasteiger partial charge in [-0.2, -0.15) is 13.2 Å². The predicted octanol–water partition coefficient (Wildman–Crippen LogP) is 8.80. The number of benzene rings is 2. The van der Waals surface area contributed by atoms with Gasteiger partial charge in [-0.1, -0.05) is 31.9 Å². The van der Waals surface area contributed by atoms with Crippen LogP contribution >= 0.6 is 30.3 Å². The van der Waals surface area contributed by atoms with Crippen LogP contribution in [0.3, 0.4) is 0 Å². The Balaban J connectivity index is 1.57. The molecular formula is C28H31F3INO3S. The second-order valence-electron chi connectivity index (χ2n) is 9.32. The number of aryl methyl sites for hydroxylation is 1. The molecule has 1 aromatic heterocycles. The molecule has 0 atom stereocenters. The first-order valence-electron chi connectivity index (χ1n) is 12.7. The van der Waals surface area contributed by atoms with Gasteiger partial charge < -0.3 is 9.47 Å². The van der Waals surface area contributed by atoms with Gasteiger partial charge in [-0.3, -0.25) is 8.77 Å². The minimum Gasteiger partial charge on any atom is -0.489 e. The molecule has 9 heteroatoms. The highest BCUT2D eigenvalue weighted by Gasteiger charge is 2.36. The minimum atomic E-state index is -4.39. The van der Waals surface area contributed by atoms with Crippen LogP contribution in [0.1, 0.15) is 79.8 Å². The van der Waals surface area contributed by atoms with Crippen molar-refractivity contribution in [3.8, 4) is 5.75 Å². The van der Waals surface area contributed by atoms with E-state index in [4.69, 9.17) is 9.47 Å². The predicted molar refractivity (Wildman–Crippen MR) is 150 cm³/mol. The molecule has 1 saturated carbocycles. The second kappa shape index (κ2) is 12.3. The topological polar surface area (TPSA) is 40.5 Å². The maximum absolute atomic E-state index is 13.9. The summed E-state index contributed by atoms with van der Waals surface area (Å²) in [6.07, 6.45) is 0.856. The molecular weight excluding hydrogens is 614 g/mol. The number of ether oxygens (including phenoxy) is 2. The summed E-state index contributed by atoms with van der Waals surface area (Å²) in [6, 6.07) is 10.4. The standard InChI is InChI=1S/C28H31F3INO3S/c1-3-21-23-16-20(10-12-26(23)33(37-32)25(21)13-14-27(34)35-4-2)36-17-18-9-11-22(19-7-5-6-8-19)24(15-18)28(29,30)31/h9-12,15-16,19H,3-8,13-14,17H2,1-2H3. The number of alkyl halides is 3. The zero-order valence-electron chi connectivity index (χ0n) is 21.0. The van der Waals surface area contributed by atoms with Gasteiger partial charge in [0, 0.05) is 41.4 Å². The van der Waals surface area contributed by atoms with E-state index >= 15 is 0 Å². The first kappa shape index (κ1) is 28.1. The van der Waals surface area contributed by atoms with Crippen LogP contribution in [0.25, 0.3) is 10.9 Å². The van der Waals surface area contributed by atoms with E-state index in [2.05, 4.69) is 32.1 Å². The van der Waals surface area contributed by atoms with Gasteiger partial charge in [0.05, 0.1) is 24.1 Å². The molecule has 0 spiro atoms. The Hall–Kier alpha value is -1.88. The molecule has 2 aromatic carbocycles. The third kappa shape index (κ3) is 6.41. The zero-order chi connectivity index (χ0) is 26.6. The number of carbonyl (C=O) groups excluding carboxylic acids is 1. The molecule has 0 aliphatic heterocycles. The van der Waals surface area contributed by atoms with Gasteiger partial charge >= 0.3 is 12.1 Å². The SMILES string of the molecule is CCOC(=O)CCc1c(CC)c2cc(OCc3ccc(C4CCCC4)c(C(F)(F)F)c3)ccc2n1SI. The summed E-state index contributed by atoms with van der Waals surface area (Å²) in [6.45, 7) is 4.28. The van der Waals surface area contributed by atoms with Gasteiger partial charge in [0.2, 0.25) is 0 Å². The first-order valence-corrected chi connectivity index (χ1v) is 16.0. The fourth-order valence-corrected chi connectivity index (χ4v) is 7.19. The lowest BCUT2D eigenvalue weighted by atomic mass is 9.91. The molecule has 1 fully saturated rings. The fraction of sp³-hybridized carbons (Fsp3) is 0.464. The Morgan fingerprint density at radius 3 is 2.54 bits per heavy atom. The molecule has 0 unspecified atom stereocenters. The smallest absolute Gasteiger partial charge is 0.416 e. The van der Waals surface area contributed by atoms with Crippen LogP contribution in [0.5, 0.6) is 5.75 Å². The number of halogens is 4. The minimum absolute atomic E-state index is 0.0145. The van der Waals surface area contributed by atoms with Crippen molar-refractivity contribution in [2.75, 3.05) is 6.61 Å². The summed E-state index contributed by atoms with van der Waals surface area (Å²) < 4.78 is 54.8. The lowest BCUT2D eigenvalue weighted by Crippen LogP contribution is -2.12. The van der Waals surface area contributed by atoms with Crippen molar-refractivity contribution in [2.24, 2.45) is 0 Å². The van der Waals surface area contributed by atoms with E-state index in [1.807, 2.05) is 18.2 Å². The largest absolute Gasteiger partial charge is 0.489 e. The van der Waals surface area contributed by atoms with Crippen molar-refractivity contribution in [3.05, 3.63) is 64.3 Å². The van der Waals surface area contributed by atoms with E-state index in [9.17, 15) is 18.0 Å². The molecule has 3 aromatic rings. The molecule has 0 N–H and O–H groups in total. The van der Waals surface area contributed by atoms with E-state index in [1.54, 1.807) is 28.2 Å². The number of nitrogens with zero attached hydrogens (tertiary/aromatic N) is 1. The molecule has 4 rings (SSSR count). The summed E-state index contributed by atoms with van der Waals surface area (Å²) in [5, 5.41) is 1.02. The first-order chi connectivity index (χ1) is 17.8. The van der Waals surface area contributed by atoms with Crippen LogP contribution in [0.15, 0.2) is 36.4 Å². The molecule has 0 radical (unpaired) electrons. The van der Waals surface area contributed by atoms with Crippen LogP contribution in [0, 0.1) is 0 Å². The highest BCUT2D eigenvalue weighted by atomic mass is 127. The van der Waals surface area contributed by atoms with Crippen molar-refractivity contribution in [3.63, 3.8) is 0 Å². The highest BCUT2D eigenvalue weighted by Crippen LogP contribution is 2.42. The number of rotatable bonds is 10. The quantitative estimate of drug-likeness (QED) is 0.163. The Kier molecular flexibility index (Phi) is 9.37. The van der Waals surface area contributed by atoms with Crippen molar-refractivity contribution < 1.29 is 27.4 Å². The van der Waals surface area contributed by atoms with Gasteiger partial charge in [-0.05, 0) is 79.5 Å². The number of esters is 1. The summed E-state index contributed by atoms with van der Waals surface area (Å²) in [4.78, 5) is 12.0. The van der Waals surface area contributed by atoms with Crippen molar-refractivity contribution in [1.29, 1.82) is 0 Å². The number of hydrogen-bond donors (Lipinski definition) is 0. The average Bonchev–Trinajstić information content (AvgIpc) is 3.51. The summed E-state index contributed by atoms with van der Waals surface area (Å²) >= 11 is 2.23. The Bertz CT molecular complexity index is 1250. The second-order valence-corrected chi connectivity index (χ2v) is 11.0. The third-order valence-electron chi connectivity index (χ3n) is 7.02. The molecule has 4 nitrogen and oxygen atoms in total. The van der Waals surface area contributed by atoms with E-state index < -0.39 is 11.7 Å². The van der Waals surface area contributed by atoms with E-state index in [0.717, 1.165) is 54.3 Å². The summed E-state index contributed by atoms with van der Waals surface area (Å²) in [7, 11) is 1.54. The molecule has 1 aliphatic carbocycles. The number of hydrogen-bond acceptors (Lipinski definition) is 4. The molecule has 1 aliphatic rings. The van der Waals surface area contributed by atoms with Crippen LogP contribution in [0.4, 0.5) is 13.2 Å². The number of carbonyl (C=O) groups is 1. The van der Waals surface area contributed by atoms with E-state index in [1.165, 1.54) is 6.07 Å². The lowest BCUT2D eigenvalue weighted by Gasteiger charge is -2.19. The van der Waals surface area contributed by atoms with Crippen molar-refractivity contribution in [1.82, 2.24) is 3.97 Å². The lowest BCUT2D eigenvalue weighted by molar-refractivity contribution is -0.143. The Morgan fingerprint density at radius 2 is 1.89 bits per heavy atom. The van der Waals surface area contributed by atoms with Crippen LogP contribution in [-0.4, -0.2) is 16.5 Å². The molecule has 0 bridgehead atoms. The Morgan fingerprint density at radius 1 is 1.14 bits per heavy atom. The highest BCUT2D eigenvalue weighted by molar-refractivity contribution is 14.2. The molecule has 1 heterocycles. The van der Waals surface area contributed by atoms with Crippen LogP contribution in [-0.2, 0) is 35.2 Å². The monoisotopic (exact) mass is 645 g/mol. The van der Waals surface area contributed by atoms with Gasteiger partial charge in [0.1, 0.15) is 12.4 Å². The van der Waals surface area contributed by atoms with Gasteiger partial charge in [-0.25, -0.2) is 0 Å². The van der Waals surface area contributed by atoms with E-state index in [-0.39, 0.29) is 18.5 Å². The van der Waals surface area contributed by atoms with Crippen molar-refractivity contribution in [2.45, 2.75) is 77.5 Å².